The molecule has 0 fully saturated rings. The van der Waals surface area contributed by atoms with Crippen molar-refractivity contribution in [1.82, 2.24) is 10.2 Å². The van der Waals surface area contributed by atoms with Crippen LogP contribution in [0.15, 0.2) is 4.34 Å². The van der Waals surface area contributed by atoms with Gasteiger partial charge in [0.2, 0.25) is 16.9 Å². The Kier molecular flexibility index (Phi) is 10.3. The highest BCUT2D eigenvalue weighted by atomic mass is 32.2. The number of amides is 2. The SMILES string of the molecule is CCCC(=O)Nc1nnc(SC(C)C(=O)Nc2sc(C(=O)OCC)c(C)c2C(=O)OCC)s1. The van der Waals surface area contributed by atoms with E-state index in [0.29, 0.717) is 21.5 Å². The molecule has 2 rings (SSSR count). The Bertz CT molecular complexity index is 1020. The van der Waals surface area contributed by atoms with Gasteiger partial charge < -0.3 is 20.1 Å². The van der Waals surface area contributed by atoms with Crippen molar-refractivity contribution in [3.63, 3.8) is 0 Å². The number of thiophene rings is 1. The van der Waals surface area contributed by atoms with E-state index >= 15 is 0 Å². The first-order valence-electron chi connectivity index (χ1n) is 10.3. The number of esters is 2. The molecule has 10 nitrogen and oxygen atoms in total. The van der Waals surface area contributed by atoms with Crippen LogP contribution in [0.3, 0.4) is 0 Å². The average Bonchev–Trinajstić information content (AvgIpc) is 3.32. The average molecular weight is 515 g/mol. The van der Waals surface area contributed by atoms with E-state index < -0.39 is 23.1 Å². The second-order valence-electron chi connectivity index (χ2n) is 6.62. The summed E-state index contributed by atoms with van der Waals surface area (Å²) in [5.74, 6) is -1.74. The van der Waals surface area contributed by atoms with E-state index in [0.717, 1.165) is 29.5 Å². The summed E-state index contributed by atoms with van der Waals surface area (Å²) in [5, 5.41) is 13.3. The molecule has 2 aromatic rings. The monoisotopic (exact) mass is 514 g/mol. The fourth-order valence-electron chi connectivity index (χ4n) is 2.58. The molecule has 2 N–H and O–H groups in total. The number of carbonyl (C=O) groups is 4. The van der Waals surface area contributed by atoms with E-state index in [9.17, 15) is 19.2 Å². The van der Waals surface area contributed by atoms with Crippen LogP contribution in [-0.4, -0.2) is 52.4 Å². The summed E-state index contributed by atoms with van der Waals surface area (Å²) in [5.41, 5.74) is 0.524. The second-order valence-corrected chi connectivity index (χ2v) is 10.2. The van der Waals surface area contributed by atoms with E-state index in [-0.39, 0.29) is 34.6 Å². The third-order valence-electron chi connectivity index (χ3n) is 4.10. The minimum absolute atomic E-state index is 0.132. The normalized spacial score (nSPS) is 11.5. The quantitative estimate of drug-likeness (QED) is 0.258. The number of ether oxygens (including phenoxy) is 2. The summed E-state index contributed by atoms with van der Waals surface area (Å²) in [7, 11) is 0. The highest BCUT2D eigenvalue weighted by Gasteiger charge is 2.28. The molecule has 0 bridgehead atoms. The van der Waals surface area contributed by atoms with Crippen molar-refractivity contribution in [1.29, 1.82) is 0 Å². The number of nitrogens with zero attached hydrogens (tertiary/aromatic N) is 2. The van der Waals surface area contributed by atoms with Crippen LogP contribution in [0.1, 0.15) is 66.1 Å². The summed E-state index contributed by atoms with van der Waals surface area (Å²) in [6, 6.07) is 0. The number of hydrogen-bond acceptors (Lipinski definition) is 11. The number of carbonyl (C=O) groups excluding carboxylic acids is 4. The maximum atomic E-state index is 12.8. The molecular formula is C20H26N4O6S3. The van der Waals surface area contributed by atoms with Crippen LogP contribution in [0.5, 0.6) is 0 Å². The zero-order valence-corrected chi connectivity index (χ0v) is 21.4. The number of anilines is 2. The second kappa shape index (κ2) is 12.7. The summed E-state index contributed by atoms with van der Waals surface area (Å²) < 4.78 is 10.7. The van der Waals surface area contributed by atoms with Crippen LogP contribution in [0, 0.1) is 6.92 Å². The van der Waals surface area contributed by atoms with Crippen LogP contribution in [-0.2, 0) is 19.1 Å². The molecule has 2 aromatic heterocycles. The van der Waals surface area contributed by atoms with Gasteiger partial charge in [-0.25, -0.2) is 9.59 Å². The lowest BCUT2D eigenvalue weighted by Crippen LogP contribution is -2.23. The number of nitrogens with one attached hydrogen (secondary N) is 2. The van der Waals surface area contributed by atoms with Crippen LogP contribution < -0.4 is 10.6 Å². The summed E-state index contributed by atoms with van der Waals surface area (Å²) >= 11 is 3.29. The van der Waals surface area contributed by atoms with Crippen molar-refractivity contribution >= 4 is 68.3 Å². The van der Waals surface area contributed by atoms with E-state index in [1.165, 1.54) is 11.3 Å². The maximum Gasteiger partial charge on any atom is 0.348 e. The zero-order valence-electron chi connectivity index (χ0n) is 19.0. The van der Waals surface area contributed by atoms with Gasteiger partial charge in [0.25, 0.3) is 0 Å². The minimum atomic E-state index is -0.631. The van der Waals surface area contributed by atoms with Crippen LogP contribution in [0.4, 0.5) is 10.1 Å². The highest BCUT2D eigenvalue weighted by molar-refractivity contribution is 8.02. The number of thioether (sulfide) groups is 1. The fourth-order valence-corrected chi connectivity index (χ4v) is 5.58. The van der Waals surface area contributed by atoms with Crippen molar-refractivity contribution in [2.45, 2.75) is 57.0 Å². The number of aromatic nitrogens is 2. The molecule has 0 aliphatic carbocycles. The van der Waals surface area contributed by atoms with E-state index in [1.54, 1.807) is 27.7 Å². The molecule has 0 aliphatic rings. The van der Waals surface area contributed by atoms with Crippen LogP contribution >= 0.6 is 34.4 Å². The molecule has 2 amide bonds. The summed E-state index contributed by atoms with van der Waals surface area (Å²) in [6.45, 7) is 8.87. The first-order chi connectivity index (χ1) is 15.7. The summed E-state index contributed by atoms with van der Waals surface area (Å²) in [6.07, 6.45) is 1.11. The Hall–Kier alpha value is -2.51. The lowest BCUT2D eigenvalue weighted by atomic mass is 10.1. The minimum Gasteiger partial charge on any atom is -0.462 e. The van der Waals surface area contributed by atoms with Crippen molar-refractivity contribution < 1.29 is 28.7 Å². The lowest BCUT2D eigenvalue weighted by molar-refractivity contribution is -0.116. The third kappa shape index (κ3) is 7.24. The largest absolute Gasteiger partial charge is 0.462 e. The van der Waals surface area contributed by atoms with E-state index in [4.69, 9.17) is 9.47 Å². The predicted molar refractivity (Wildman–Crippen MR) is 128 cm³/mol. The first-order valence-corrected chi connectivity index (χ1v) is 12.8. The highest BCUT2D eigenvalue weighted by Crippen LogP contribution is 2.35. The standard InChI is InChI=1S/C20H26N4O6S3/c1-6-9-12(25)21-19-23-24-20(33-19)31-11(5)15(26)22-16-13(17(27)29-7-2)10(4)14(32-16)18(28)30-8-3/h11H,6-9H2,1-5H3,(H,22,26)(H,21,23,25). The van der Waals surface area contributed by atoms with Gasteiger partial charge in [-0.1, -0.05) is 30.0 Å². The molecule has 180 valence electrons. The van der Waals surface area contributed by atoms with Gasteiger partial charge in [0.15, 0.2) is 4.34 Å². The Balaban J connectivity index is 2.15. The number of hydrogen-bond donors (Lipinski definition) is 2. The van der Waals surface area contributed by atoms with Gasteiger partial charge in [-0.05, 0) is 39.7 Å². The van der Waals surface area contributed by atoms with Gasteiger partial charge in [-0.3, -0.25) is 9.59 Å². The van der Waals surface area contributed by atoms with Crippen molar-refractivity contribution in [2.75, 3.05) is 23.8 Å². The number of rotatable bonds is 11. The molecule has 0 saturated heterocycles. The Morgan fingerprint density at radius 1 is 1.00 bits per heavy atom. The molecular weight excluding hydrogens is 488 g/mol. The van der Waals surface area contributed by atoms with E-state index in [2.05, 4.69) is 20.8 Å². The van der Waals surface area contributed by atoms with Crippen molar-refractivity contribution in [3.8, 4) is 0 Å². The van der Waals surface area contributed by atoms with Crippen molar-refractivity contribution in [3.05, 3.63) is 16.0 Å². The zero-order chi connectivity index (χ0) is 24.5. The van der Waals surface area contributed by atoms with Crippen LogP contribution in [0.2, 0.25) is 0 Å². The summed E-state index contributed by atoms with van der Waals surface area (Å²) in [4.78, 5) is 49.5. The lowest BCUT2D eigenvalue weighted by Gasteiger charge is -2.10. The Morgan fingerprint density at radius 3 is 2.30 bits per heavy atom. The molecule has 0 aromatic carbocycles. The third-order valence-corrected chi connectivity index (χ3v) is 7.31. The first kappa shape index (κ1) is 26.7. The van der Waals surface area contributed by atoms with Gasteiger partial charge >= 0.3 is 11.9 Å². The molecule has 0 saturated carbocycles. The van der Waals surface area contributed by atoms with Gasteiger partial charge in [0, 0.05) is 6.42 Å². The van der Waals surface area contributed by atoms with Crippen LogP contribution in [0.25, 0.3) is 0 Å². The van der Waals surface area contributed by atoms with Gasteiger partial charge in [-0.2, -0.15) is 0 Å². The topological polar surface area (TPSA) is 137 Å². The van der Waals surface area contributed by atoms with Gasteiger partial charge in [0.1, 0.15) is 9.88 Å². The molecule has 1 unspecified atom stereocenters. The Morgan fingerprint density at radius 2 is 1.67 bits per heavy atom. The molecule has 0 radical (unpaired) electrons. The fraction of sp³-hybridized carbons (Fsp3) is 0.500. The molecule has 0 spiro atoms. The van der Waals surface area contributed by atoms with Gasteiger partial charge in [-0.15, -0.1) is 21.5 Å². The maximum absolute atomic E-state index is 12.8. The van der Waals surface area contributed by atoms with E-state index in [1.807, 2.05) is 6.92 Å². The molecule has 0 aliphatic heterocycles. The molecule has 33 heavy (non-hydrogen) atoms. The molecule has 13 heteroatoms. The molecule has 2 heterocycles. The Labute approximate surface area is 203 Å². The molecule has 1 atom stereocenters. The predicted octanol–water partition coefficient (Wildman–Crippen LogP) is 4.12. The van der Waals surface area contributed by atoms with Crippen molar-refractivity contribution in [2.24, 2.45) is 0 Å². The smallest absolute Gasteiger partial charge is 0.348 e. The van der Waals surface area contributed by atoms with Gasteiger partial charge in [0.05, 0.1) is 24.0 Å².